The van der Waals surface area contributed by atoms with Crippen molar-refractivity contribution < 1.29 is 0 Å². The van der Waals surface area contributed by atoms with Gasteiger partial charge in [-0.2, -0.15) is 0 Å². The van der Waals surface area contributed by atoms with E-state index in [1.54, 1.807) is 0 Å². The first-order chi connectivity index (χ1) is 13.6. The number of hydrogen-bond acceptors (Lipinski definition) is 3. The maximum absolute atomic E-state index is 5.08. The summed E-state index contributed by atoms with van der Waals surface area (Å²) in [4.78, 5) is 12.4. The van der Waals surface area contributed by atoms with Crippen LogP contribution in [-0.4, -0.2) is 23.1 Å². The van der Waals surface area contributed by atoms with E-state index in [1.165, 1.54) is 5.56 Å². The van der Waals surface area contributed by atoms with Gasteiger partial charge in [-0.25, -0.2) is 9.97 Å². The number of anilines is 1. The number of aromatic nitrogens is 2. The highest BCUT2D eigenvalue weighted by Gasteiger charge is 2.18. The van der Waals surface area contributed by atoms with Crippen LogP contribution in [0.2, 0.25) is 0 Å². The van der Waals surface area contributed by atoms with Crippen molar-refractivity contribution in [2.45, 2.75) is 53.9 Å². The van der Waals surface area contributed by atoms with Crippen LogP contribution in [0, 0.1) is 11.8 Å². The molecule has 1 aromatic heterocycles. The molecule has 0 amide bonds. The molecule has 0 atom stereocenters. The second-order valence-electron chi connectivity index (χ2n) is 9.91. The molecular weight excluding hydrogens is 390 g/mol. The number of halogens is 1. The van der Waals surface area contributed by atoms with Crippen molar-refractivity contribution in [3.05, 3.63) is 54.1 Å². The lowest BCUT2D eigenvalue weighted by molar-refractivity contribution is 0.550. The third-order valence-electron chi connectivity index (χ3n) is 5.06. The third-order valence-corrected chi connectivity index (χ3v) is 5.06. The zero-order valence-corrected chi connectivity index (χ0v) is 20.3. The van der Waals surface area contributed by atoms with Crippen LogP contribution in [0.5, 0.6) is 0 Å². The van der Waals surface area contributed by atoms with E-state index in [0.717, 1.165) is 41.2 Å². The number of para-hydroxylation sites is 1. The molecule has 3 rings (SSSR count). The zero-order valence-electron chi connectivity index (χ0n) is 19.4. The fourth-order valence-corrected chi connectivity index (χ4v) is 3.68. The van der Waals surface area contributed by atoms with Crippen molar-refractivity contribution in [1.29, 1.82) is 0 Å². The molecule has 3 aromatic rings. The Bertz CT molecular complexity index is 946. The minimum absolute atomic E-state index is 0. The molecule has 0 bridgehead atoms. The third kappa shape index (κ3) is 5.72. The summed E-state index contributed by atoms with van der Waals surface area (Å²) in [5, 5.41) is 1.13. The average Bonchev–Trinajstić information content (AvgIpc) is 2.65. The molecule has 30 heavy (non-hydrogen) atoms. The number of nitrogens with zero attached hydrogens (tertiary/aromatic N) is 3. The fourth-order valence-electron chi connectivity index (χ4n) is 3.68. The summed E-state index contributed by atoms with van der Waals surface area (Å²) >= 11 is 0. The molecule has 0 spiro atoms. The van der Waals surface area contributed by atoms with E-state index in [-0.39, 0.29) is 17.8 Å². The molecule has 1 heterocycles. The maximum Gasteiger partial charge on any atom is 0.162 e. The second-order valence-corrected chi connectivity index (χ2v) is 9.91. The Kier molecular flexibility index (Phi) is 7.87. The van der Waals surface area contributed by atoms with E-state index in [2.05, 4.69) is 102 Å². The lowest BCUT2D eigenvalue weighted by Crippen LogP contribution is -2.32. The van der Waals surface area contributed by atoms with Gasteiger partial charge in [-0.15, -0.1) is 12.4 Å². The number of rotatable bonds is 6. The van der Waals surface area contributed by atoms with Gasteiger partial charge in [-0.1, -0.05) is 84.9 Å². The Hall–Kier alpha value is -2.13. The summed E-state index contributed by atoms with van der Waals surface area (Å²) in [7, 11) is 0. The van der Waals surface area contributed by atoms with Crippen LogP contribution in [0.4, 0.5) is 5.82 Å². The molecule has 0 saturated heterocycles. The summed E-state index contributed by atoms with van der Waals surface area (Å²) in [5.41, 5.74) is 3.53. The highest BCUT2D eigenvalue weighted by atomic mass is 35.5. The summed E-state index contributed by atoms with van der Waals surface area (Å²) in [6.07, 6.45) is 0. The maximum atomic E-state index is 5.08. The number of fused-ring (bicyclic) bond motifs is 1. The Morgan fingerprint density at radius 2 is 1.37 bits per heavy atom. The smallest absolute Gasteiger partial charge is 0.162 e. The van der Waals surface area contributed by atoms with Gasteiger partial charge < -0.3 is 4.90 Å². The molecule has 0 saturated carbocycles. The second kappa shape index (κ2) is 9.78. The normalized spacial score (nSPS) is 11.8. The van der Waals surface area contributed by atoms with Gasteiger partial charge in [0.15, 0.2) is 5.82 Å². The first kappa shape index (κ1) is 24.1. The van der Waals surface area contributed by atoms with E-state index < -0.39 is 0 Å². The monoisotopic (exact) mass is 425 g/mol. The molecule has 0 fully saturated rings. The SMILES string of the molecule is CC(C)CN(CC(C)C)c1nc(-c2ccc(C(C)(C)C)cc2)nc2ccccc12.Cl. The molecule has 0 aliphatic rings. The van der Waals surface area contributed by atoms with Crippen LogP contribution < -0.4 is 4.90 Å². The quantitative estimate of drug-likeness (QED) is 0.420. The van der Waals surface area contributed by atoms with Gasteiger partial charge in [0.2, 0.25) is 0 Å². The molecule has 4 heteroatoms. The fraction of sp³-hybridized carbons (Fsp3) is 0.462. The minimum atomic E-state index is 0. The average molecular weight is 426 g/mol. The number of benzene rings is 2. The molecular formula is C26H36ClN3. The summed E-state index contributed by atoms with van der Waals surface area (Å²) in [6.45, 7) is 17.8. The van der Waals surface area contributed by atoms with E-state index in [1.807, 2.05) is 0 Å². The van der Waals surface area contributed by atoms with E-state index in [9.17, 15) is 0 Å². The van der Waals surface area contributed by atoms with Gasteiger partial charge in [0.1, 0.15) is 5.82 Å². The van der Waals surface area contributed by atoms with E-state index in [0.29, 0.717) is 11.8 Å². The van der Waals surface area contributed by atoms with Crippen molar-refractivity contribution in [3.63, 3.8) is 0 Å². The molecule has 0 aliphatic carbocycles. The molecule has 0 N–H and O–H groups in total. The Morgan fingerprint density at radius 1 is 0.800 bits per heavy atom. The van der Waals surface area contributed by atoms with Gasteiger partial charge in [-0.05, 0) is 34.9 Å². The van der Waals surface area contributed by atoms with Gasteiger partial charge in [0, 0.05) is 24.0 Å². The largest absolute Gasteiger partial charge is 0.355 e. The Labute approximate surface area is 188 Å². The lowest BCUT2D eigenvalue weighted by Gasteiger charge is -2.28. The first-order valence-corrected chi connectivity index (χ1v) is 10.8. The van der Waals surface area contributed by atoms with Crippen LogP contribution in [0.1, 0.15) is 54.0 Å². The van der Waals surface area contributed by atoms with Crippen LogP contribution in [0.15, 0.2) is 48.5 Å². The van der Waals surface area contributed by atoms with Crippen molar-refractivity contribution in [2.24, 2.45) is 11.8 Å². The molecule has 162 valence electrons. The van der Waals surface area contributed by atoms with Gasteiger partial charge in [0.05, 0.1) is 5.52 Å². The van der Waals surface area contributed by atoms with Crippen molar-refractivity contribution >= 4 is 29.1 Å². The van der Waals surface area contributed by atoms with Crippen molar-refractivity contribution in [3.8, 4) is 11.4 Å². The standard InChI is InChI=1S/C26H35N3.ClH/c1-18(2)16-29(17-19(3)4)25-22-10-8-9-11-23(22)27-24(28-25)20-12-14-21(15-13-20)26(5,6)7;/h8-15,18-19H,16-17H2,1-7H3;1H. The molecule has 0 unspecified atom stereocenters. The highest BCUT2D eigenvalue weighted by Crippen LogP contribution is 2.30. The molecule has 0 radical (unpaired) electrons. The summed E-state index contributed by atoms with van der Waals surface area (Å²) < 4.78 is 0. The predicted octanol–water partition coefficient (Wildman–Crippen LogP) is 7.13. The van der Waals surface area contributed by atoms with Crippen LogP contribution in [0.3, 0.4) is 0 Å². The van der Waals surface area contributed by atoms with Crippen LogP contribution >= 0.6 is 12.4 Å². The lowest BCUT2D eigenvalue weighted by atomic mass is 9.87. The van der Waals surface area contributed by atoms with Crippen LogP contribution in [-0.2, 0) is 5.41 Å². The summed E-state index contributed by atoms with van der Waals surface area (Å²) in [5.74, 6) is 2.98. The molecule has 3 nitrogen and oxygen atoms in total. The predicted molar refractivity (Wildman–Crippen MR) is 133 cm³/mol. The van der Waals surface area contributed by atoms with E-state index in [4.69, 9.17) is 9.97 Å². The minimum Gasteiger partial charge on any atom is -0.355 e. The van der Waals surface area contributed by atoms with Gasteiger partial charge in [-0.3, -0.25) is 0 Å². The first-order valence-electron chi connectivity index (χ1n) is 10.8. The Morgan fingerprint density at radius 3 is 1.90 bits per heavy atom. The number of hydrogen-bond donors (Lipinski definition) is 0. The van der Waals surface area contributed by atoms with Crippen molar-refractivity contribution in [1.82, 2.24) is 9.97 Å². The van der Waals surface area contributed by atoms with Gasteiger partial charge >= 0.3 is 0 Å². The molecule has 2 aromatic carbocycles. The highest BCUT2D eigenvalue weighted by molar-refractivity contribution is 5.91. The Balaban J connectivity index is 0.00000320. The van der Waals surface area contributed by atoms with Gasteiger partial charge in [0.25, 0.3) is 0 Å². The topological polar surface area (TPSA) is 29.0 Å². The summed E-state index contributed by atoms with van der Waals surface area (Å²) in [6, 6.07) is 17.1. The van der Waals surface area contributed by atoms with Crippen molar-refractivity contribution in [2.75, 3.05) is 18.0 Å². The molecule has 0 aliphatic heterocycles. The van der Waals surface area contributed by atoms with E-state index >= 15 is 0 Å². The van der Waals surface area contributed by atoms with Crippen LogP contribution in [0.25, 0.3) is 22.3 Å². The zero-order chi connectivity index (χ0) is 21.2.